The zero-order valence-corrected chi connectivity index (χ0v) is 33.4. The molecule has 0 aliphatic rings. The predicted octanol–water partition coefficient (Wildman–Crippen LogP) is 16.1. The summed E-state index contributed by atoms with van der Waals surface area (Å²) in [7, 11) is 0. The zero-order chi connectivity index (χ0) is 41.0. The van der Waals surface area contributed by atoms with Crippen molar-refractivity contribution >= 4 is 40.1 Å². The highest BCUT2D eigenvalue weighted by atomic mass is 19.1. The normalized spacial score (nSPS) is 11.3. The van der Waals surface area contributed by atoms with Gasteiger partial charge in [0.1, 0.15) is 5.82 Å². The summed E-state index contributed by atoms with van der Waals surface area (Å²) >= 11 is 0. The van der Waals surface area contributed by atoms with Gasteiger partial charge in [0.2, 0.25) is 0 Å². The third-order valence-corrected chi connectivity index (χ3v) is 11.2. The number of aromatic nitrogens is 1. The van der Waals surface area contributed by atoms with Crippen molar-refractivity contribution in [1.82, 2.24) is 4.57 Å². The quantitative estimate of drug-likeness (QED) is 0.125. The predicted molar refractivity (Wildman–Crippen MR) is 255 cm³/mol. The largest absolute Gasteiger partial charge is 0.308 e. The van der Waals surface area contributed by atoms with Crippen LogP contribution in [0, 0.1) is 5.82 Å². The molecular formula is C58H41FN2. The van der Waals surface area contributed by atoms with Crippen LogP contribution in [0.3, 0.4) is 0 Å². The molecule has 10 rings (SSSR count). The number of anilines is 3. The van der Waals surface area contributed by atoms with Gasteiger partial charge in [-0.25, -0.2) is 4.39 Å². The molecule has 0 unspecified atom stereocenters. The molecule has 1 heterocycles. The fourth-order valence-corrected chi connectivity index (χ4v) is 8.47. The highest BCUT2D eigenvalue weighted by molar-refractivity contribution is 6.09. The first-order valence-electron chi connectivity index (χ1n) is 20.6. The number of fused-ring (bicyclic) bond motifs is 1. The third kappa shape index (κ3) is 7.35. The molecule has 0 fully saturated rings. The van der Waals surface area contributed by atoms with Crippen LogP contribution in [0.25, 0.3) is 73.4 Å². The molecule has 0 saturated heterocycles. The van der Waals surface area contributed by atoms with Crippen LogP contribution in [0.15, 0.2) is 237 Å². The van der Waals surface area contributed by atoms with E-state index in [0.29, 0.717) is 5.69 Å². The second kappa shape index (κ2) is 16.7. The maximum Gasteiger partial charge on any atom is 0.148 e. The summed E-state index contributed by atoms with van der Waals surface area (Å²) < 4.78 is 19.4. The van der Waals surface area contributed by atoms with E-state index in [1.807, 2.05) is 95.9 Å². The topological polar surface area (TPSA) is 8.17 Å². The van der Waals surface area contributed by atoms with Gasteiger partial charge in [0.25, 0.3) is 0 Å². The molecule has 0 bridgehead atoms. The van der Waals surface area contributed by atoms with Crippen molar-refractivity contribution in [1.29, 1.82) is 0 Å². The molecule has 0 amide bonds. The molecule has 0 atom stereocenters. The summed E-state index contributed by atoms with van der Waals surface area (Å²) in [6.07, 6.45) is 4.38. The standard InChI is InChI=1S/C58H41FN2/c59-54-41-48(43-20-7-1-8-21-43)40-53(44-22-9-2-10-23-44)58(54)60(49-29-15-5-16-30-49)51-38-35-42(36-39-51)34-37-47-28-19-33-52-55(45-24-11-3-12-25-45)57(46-26-13-4-14-27-46)61(56(47)52)50-31-17-6-18-32-50/h1-41H/b37-34+. The smallest absolute Gasteiger partial charge is 0.148 e. The van der Waals surface area contributed by atoms with Gasteiger partial charge < -0.3 is 9.47 Å². The first kappa shape index (κ1) is 37.3. The first-order valence-corrected chi connectivity index (χ1v) is 20.6. The van der Waals surface area contributed by atoms with Crippen LogP contribution < -0.4 is 4.90 Å². The maximum atomic E-state index is 17.0. The van der Waals surface area contributed by atoms with Crippen molar-refractivity contribution in [2.75, 3.05) is 4.90 Å². The Kier molecular flexibility index (Phi) is 10.2. The average molecular weight is 785 g/mol. The molecule has 290 valence electrons. The van der Waals surface area contributed by atoms with Gasteiger partial charge in [0.15, 0.2) is 0 Å². The van der Waals surface area contributed by atoms with Crippen LogP contribution in [-0.4, -0.2) is 4.57 Å². The fraction of sp³-hybridized carbons (Fsp3) is 0. The van der Waals surface area contributed by atoms with Crippen molar-refractivity contribution in [2.45, 2.75) is 0 Å². The Balaban J connectivity index is 1.10. The highest BCUT2D eigenvalue weighted by Crippen LogP contribution is 2.46. The van der Waals surface area contributed by atoms with Gasteiger partial charge in [-0.1, -0.05) is 200 Å². The summed E-state index contributed by atoms with van der Waals surface area (Å²) in [6, 6.07) is 80.9. The first-order chi connectivity index (χ1) is 30.2. The molecule has 0 spiro atoms. The number of hydrogen-bond donors (Lipinski definition) is 0. The Labute approximate surface area is 356 Å². The van der Waals surface area contributed by atoms with Crippen molar-refractivity contribution in [3.8, 4) is 50.3 Å². The molecule has 0 N–H and O–H groups in total. The molecule has 10 aromatic rings. The molecule has 0 radical (unpaired) electrons. The molecular weight excluding hydrogens is 744 g/mol. The molecule has 2 nitrogen and oxygen atoms in total. The minimum atomic E-state index is -0.299. The lowest BCUT2D eigenvalue weighted by molar-refractivity contribution is 0.630. The SMILES string of the molecule is Fc1cc(-c2ccccc2)cc(-c2ccccc2)c1N(c1ccccc1)c1ccc(/C=C/c2cccc3c(-c4ccccc4)c(-c4ccccc4)n(-c4ccccc4)c23)cc1. The van der Waals surface area contributed by atoms with Crippen LogP contribution in [0.4, 0.5) is 21.5 Å². The minimum absolute atomic E-state index is 0.299. The van der Waals surface area contributed by atoms with E-state index in [1.165, 1.54) is 16.5 Å². The van der Waals surface area contributed by atoms with Crippen molar-refractivity contribution < 1.29 is 4.39 Å². The van der Waals surface area contributed by atoms with E-state index < -0.39 is 0 Å². The van der Waals surface area contributed by atoms with E-state index in [-0.39, 0.29) is 5.82 Å². The van der Waals surface area contributed by atoms with Crippen LogP contribution in [-0.2, 0) is 0 Å². The monoisotopic (exact) mass is 784 g/mol. The van der Waals surface area contributed by atoms with Crippen molar-refractivity contribution in [3.63, 3.8) is 0 Å². The molecule has 1 aromatic heterocycles. The van der Waals surface area contributed by atoms with Crippen LogP contribution in [0.1, 0.15) is 11.1 Å². The van der Waals surface area contributed by atoms with Crippen molar-refractivity contribution in [3.05, 3.63) is 254 Å². The zero-order valence-electron chi connectivity index (χ0n) is 33.4. The van der Waals surface area contributed by atoms with Gasteiger partial charge in [-0.15, -0.1) is 0 Å². The van der Waals surface area contributed by atoms with E-state index in [4.69, 9.17) is 0 Å². The van der Waals surface area contributed by atoms with Crippen LogP contribution >= 0.6 is 0 Å². The third-order valence-electron chi connectivity index (χ3n) is 11.2. The summed E-state index contributed by atoms with van der Waals surface area (Å²) in [5.74, 6) is -0.299. The second-order valence-corrected chi connectivity index (χ2v) is 15.1. The number of rotatable bonds is 10. The summed E-state index contributed by atoms with van der Waals surface area (Å²) in [5.41, 5.74) is 14.8. The molecule has 61 heavy (non-hydrogen) atoms. The lowest BCUT2D eigenvalue weighted by Gasteiger charge is -2.29. The van der Waals surface area contributed by atoms with Gasteiger partial charge in [0.05, 0.1) is 16.9 Å². The average Bonchev–Trinajstić information content (AvgIpc) is 3.69. The van der Waals surface area contributed by atoms with Gasteiger partial charge in [-0.3, -0.25) is 0 Å². The number of benzene rings is 9. The molecule has 0 saturated carbocycles. The Morgan fingerprint density at radius 2 is 0.934 bits per heavy atom. The second-order valence-electron chi connectivity index (χ2n) is 15.1. The summed E-state index contributed by atoms with van der Waals surface area (Å²) in [4.78, 5) is 2.03. The number of halogens is 1. The van der Waals surface area contributed by atoms with Crippen LogP contribution in [0.2, 0.25) is 0 Å². The van der Waals surface area contributed by atoms with Gasteiger partial charge >= 0.3 is 0 Å². The Bertz CT molecular complexity index is 3090. The lowest BCUT2D eigenvalue weighted by Crippen LogP contribution is -2.13. The number of hydrogen-bond acceptors (Lipinski definition) is 1. The Hall–Kier alpha value is -8.01. The van der Waals surface area contributed by atoms with Crippen LogP contribution in [0.5, 0.6) is 0 Å². The van der Waals surface area contributed by atoms with E-state index in [1.54, 1.807) is 6.07 Å². The van der Waals surface area contributed by atoms with E-state index in [0.717, 1.165) is 67.2 Å². The molecule has 0 aliphatic heterocycles. The minimum Gasteiger partial charge on any atom is -0.308 e. The summed E-state index contributed by atoms with van der Waals surface area (Å²) in [5, 5.41) is 1.18. The Morgan fingerprint density at radius 1 is 0.410 bits per heavy atom. The fourth-order valence-electron chi connectivity index (χ4n) is 8.47. The van der Waals surface area contributed by atoms with E-state index in [9.17, 15) is 0 Å². The number of nitrogens with zero attached hydrogens (tertiary/aromatic N) is 2. The summed E-state index contributed by atoms with van der Waals surface area (Å²) in [6.45, 7) is 0. The van der Waals surface area contributed by atoms with Gasteiger partial charge in [-0.2, -0.15) is 0 Å². The van der Waals surface area contributed by atoms with Crippen molar-refractivity contribution in [2.24, 2.45) is 0 Å². The van der Waals surface area contributed by atoms with Gasteiger partial charge in [-0.05, 0) is 87.5 Å². The van der Waals surface area contributed by atoms with Gasteiger partial charge in [0, 0.05) is 33.6 Å². The molecule has 9 aromatic carbocycles. The maximum absolute atomic E-state index is 17.0. The Morgan fingerprint density at radius 3 is 1.56 bits per heavy atom. The molecule has 0 aliphatic carbocycles. The highest BCUT2D eigenvalue weighted by Gasteiger charge is 2.24. The van der Waals surface area contributed by atoms with E-state index >= 15 is 4.39 Å². The number of para-hydroxylation sites is 3. The lowest BCUT2D eigenvalue weighted by atomic mass is 9.95. The van der Waals surface area contributed by atoms with E-state index in [2.05, 4.69) is 156 Å². The molecule has 3 heteroatoms.